The predicted octanol–water partition coefficient (Wildman–Crippen LogP) is 3.29. The van der Waals surface area contributed by atoms with Crippen LogP contribution in [0.5, 0.6) is 0 Å². The minimum Gasteiger partial charge on any atom is -0.368 e. The fraction of sp³-hybridized carbons (Fsp3) is 0.333. The van der Waals surface area contributed by atoms with E-state index in [2.05, 4.69) is 14.6 Å². The summed E-state index contributed by atoms with van der Waals surface area (Å²) in [5, 5.41) is 3.73. The van der Waals surface area contributed by atoms with Crippen molar-refractivity contribution in [2.24, 2.45) is 4.40 Å². The molecule has 9 heteroatoms. The number of nitrogens with one attached hydrogen (secondary N) is 1. The van der Waals surface area contributed by atoms with Gasteiger partial charge in [-0.05, 0) is 36.8 Å². The van der Waals surface area contributed by atoms with E-state index in [1.807, 2.05) is 30.0 Å². The van der Waals surface area contributed by atoms with Gasteiger partial charge >= 0.3 is 0 Å². The van der Waals surface area contributed by atoms with Gasteiger partial charge in [0.2, 0.25) is 5.91 Å². The number of rotatable bonds is 4. The molecule has 2 aliphatic heterocycles. The summed E-state index contributed by atoms with van der Waals surface area (Å²) >= 11 is 6.13. The third-order valence-electron chi connectivity index (χ3n) is 5.39. The fourth-order valence-electron chi connectivity index (χ4n) is 3.78. The summed E-state index contributed by atoms with van der Waals surface area (Å²) in [6.07, 6.45) is 0.458. The van der Waals surface area contributed by atoms with Crippen LogP contribution in [-0.2, 0) is 14.8 Å². The summed E-state index contributed by atoms with van der Waals surface area (Å²) in [5.74, 6) is 0.300. The molecule has 0 spiro atoms. The highest BCUT2D eigenvalue weighted by Gasteiger charge is 2.26. The highest BCUT2D eigenvalue weighted by atomic mass is 35.5. The molecule has 0 unspecified atom stereocenters. The van der Waals surface area contributed by atoms with Crippen LogP contribution < -0.4 is 10.2 Å². The van der Waals surface area contributed by atoms with Crippen LogP contribution in [0.25, 0.3) is 0 Å². The number of amidine groups is 1. The molecule has 0 aliphatic carbocycles. The number of piperazine rings is 1. The Kier molecular flexibility index (Phi) is 5.71. The van der Waals surface area contributed by atoms with Gasteiger partial charge in [-0.1, -0.05) is 29.8 Å². The maximum absolute atomic E-state index is 12.7. The number of fused-ring (bicyclic) bond motifs is 1. The van der Waals surface area contributed by atoms with Crippen LogP contribution in [-0.4, -0.2) is 51.2 Å². The molecule has 2 aliphatic rings. The summed E-state index contributed by atoms with van der Waals surface area (Å²) < 4.78 is 28.5. The average Bonchev–Trinajstić information content (AvgIpc) is 2.73. The number of amides is 1. The number of para-hydroxylation sites is 1. The Bertz CT molecular complexity index is 1110. The lowest BCUT2D eigenvalue weighted by Gasteiger charge is -2.37. The van der Waals surface area contributed by atoms with Crippen molar-refractivity contribution in [3.8, 4) is 0 Å². The van der Waals surface area contributed by atoms with Crippen LogP contribution in [0.1, 0.15) is 18.4 Å². The van der Waals surface area contributed by atoms with Crippen LogP contribution in [0.3, 0.4) is 0 Å². The molecule has 0 radical (unpaired) electrons. The number of halogens is 1. The molecular weight excluding hydrogens is 424 g/mol. The summed E-state index contributed by atoms with van der Waals surface area (Å²) in [5.41, 5.74) is 2.75. The molecule has 2 heterocycles. The number of nitrogens with zero attached hydrogens (tertiary/aromatic N) is 3. The number of sulfonamides is 1. The monoisotopic (exact) mass is 446 g/mol. The van der Waals surface area contributed by atoms with Crippen molar-refractivity contribution in [3.63, 3.8) is 0 Å². The van der Waals surface area contributed by atoms with Crippen molar-refractivity contribution >= 4 is 44.7 Å². The normalized spacial score (nSPS) is 17.7. The molecule has 2 aromatic carbocycles. The van der Waals surface area contributed by atoms with Crippen LogP contribution in [0, 0.1) is 6.92 Å². The van der Waals surface area contributed by atoms with Crippen molar-refractivity contribution < 1.29 is 13.2 Å². The van der Waals surface area contributed by atoms with E-state index in [4.69, 9.17) is 11.6 Å². The van der Waals surface area contributed by atoms with Crippen LogP contribution in [0.2, 0.25) is 5.02 Å². The molecule has 1 saturated heterocycles. The molecule has 0 bridgehead atoms. The zero-order chi connectivity index (χ0) is 21.3. The van der Waals surface area contributed by atoms with Gasteiger partial charge in [-0.15, -0.1) is 4.40 Å². The Morgan fingerprint density at radius 1 is 1.13 bits per heavy atom. The molecule has 0 atom stereocenters. The van der Waals surface area contributed by atoms with Crippen molar-refractivity contribution in [2.45, 2.75) is 24.7 Å². The number of aryl methyl sites for hydroxylation is 1. The Labute approximate surface area is 181 Å². The first-order valence-corrected chi connectivity index (χ1v) is 11.6. The Morgan fingerprint density at radius 2 is 1.87 bits per heavy atom. The zero-order valence-corrected chi connectivity index (χ0v) is 18.2. The topological polar surface area (TPSA) is 82.1 Å². The lowest BCUT2D eigenvalue weighted by atomic mass is 10.1. The van der Waals surface area contributed by atoms with Gasteiger partial charge in [0.15, 0.2) is 0 Å². The van der Waals surface area contributed by atoms with Crippen LogP contribution in [0.4, 0.5) is 11.4 Å². The summed E-state index contributed by atoms with van der Waals surface area (Å²) in [7, 11) is -3.73. The molecule has 4 rings (SSSR count). The number of anilines is 2. The van der Waals surface area contributed by atoms with E-state index in [1.54, 1.807) is 18.2 Å². The van der Waals surface area contributed by atoms with E-state index in [0.717, 1.165) is 24.3 Å². The van der Waals surface area contributed by atoms with Gasteiger partial charge in [0.1, 0.15) is 10.7 Å². The van der Waals surface area contributed by atoms with Gasteiger partial charge < -0.3 is 15.1 Å². The lowest BCUT2D eigenvalue weighted by Crippen LogP contribution is -2.49. The third kappa shape index (κ3) is 4.29. The van der Waals surface area contributed by atoms with E-state index in [1.165, 1.54) is 6.07 Å². The van der Waals surface area contributed by atoms with E-state index in [9.17, 15) is 13.2 Å². The summed E-state index contributed by atoms with van der Waals surface area (Å²) in [6, 6.07) is 12.5. The standard InChI is InChI=1S/C21H23ClN4O3S/c1-15-6-7-16(22)14-18(15)25-10-12-26(13-11-25)21(27)9-8-20-23-17-4-2-3-5-19(17)30(28,29)24-20/h2-7,14H,8-13H2,1H3,(H,23,24). The smallest absolute Gasteiger partial charge is 0.286 e. The first-order valence-electron chi connectivity index (χ1n) is 9.82. The first kappa shape index (κ1) is 20.7. The SMILES string of the molecule is Cc1ccc(Cl)cc1N1CCN(C(=O)CCC2=NS(=O)(=O)c3ccccc3N2)CC1. The second-order valence-corrected chi connectivity index (χ2v) is 9.44. The molecule has 2 aromatic rings. The fourth-order valence-corrected chi connectivity index (χ4v) is 5.12. The molecule has 0 saturated carbocycles. The van der Waals surface area contributed by atoms with Crippen LogP contribution in [0.15, 0.2) is 51.8 Å². The predicted molar refractivity (Wildman–Crippen MR) is 119 cm³/mol. The van der Waals surface area contributed by atoms with Crippen molar-refractivity contribution in [3.05, 3.63) is 53.1 Å². The Balaban J connectivity index is 1.34. The Hall–Kier alpha value is -2.58. The zero-order valence-electron chi connectivity index (χ0n) is 16.6. The number of hydrogen-bond acceptors (Lipinski definition) is 5. The number of carbonyl (C=O) groups excluding carboxylic acids is 1. The minimum atomic E-state index is -3.73. The molecule has 1 amide bonds. The number of hydrogen-bond donors (Lipinski definition) is 1. The molecule has 0 aromatic heterocycles. The third-order valence-corrected chi connectivity index (χ3v) is 7.00. The first-order chi connectivity index (χ1) is 14.3. The number of carbonyl (C=O) groups is 1. The molecule has 158 valence electrons. The molecule has 7 nitrogen and oxygen atoms in total. The van der Waals surface area contributed by atoms with E-state index < -0.39 is 10.0 Å². The van der Waals surface area contributed by atoms with Crippen molar-refractivity contribution in [1.82, 2.24) is 4.90 Å². The minimum absolute atomic E-state index is 0.00165. The van der Waals surface area contributed by atoms with Gasteiger partial charge in [0.25, 0.3) is 10.0 Å². The van der Waals surface area contributed by atoms with Gasteiger partial charge in [0, 0.05) is 49.7 Å². The Morgan fingerprint density at radius 3 is 2.63 bits per heavy atom. The lowest BCUT2D eigenvalue weighted by molar-refractivity contribution is -0.131. The quantitative estimate of drug-likeness (QED) is 0.779. The molecule has 30 heavy (non-hydrogen) atoms. The van der Waals surface area contributed by atoms with Gasteiger partial charge in [-0.25, -0.2) is 0 Å². The van der Waals surface area contributed by atoms with Gasteiger partial charge in [-0.3, -0.25) is 4.79 Å². The molecule has 1 fully saturated rings. The van der Waals surface area contributed by atoms with Gasteiger partial charge in [-0.2, -0.15) is 8.42 Å². The second-order valence-electron chi connectivity index (χ2n) is 7.43. The summed E-state index contributed by atoms with van der Waals surface area (Å²) in [6.45, 7) is 4.74. The summed E-state index contributed by atoms with van der Waals surface area (Å²) in [4.78, 5) is 16.9. The van der Waals surface area contributed by atoms with Crippen molar-refractivity contribution in [1.29, 1.82) is 0 Å². The van der Waals surface area contributed by atoms with Crippen LogP contribution >= 0.6 is 11.6 Å². The maximum atomic E-state index is 12.7. The number of benzene rings is 2. The van der Waals surface area contributed by atoms with E-state index in [0.29, 0.717) is 29.6 Å². The average molecular weight is 447 g/mol. The molecular formula is C21H23ClN4O3S. The molecule has 1 N–H and O–H groups in total. The highest BCUT2D eigenvalue weighted by Crippen LogP contribution is 2.28. The van der Waals surface area contributed by atoms with E-state index >= 15 is 0 Å². The highest BCUT2D eigenvalue weighted by molar-refractivity contribution is 7.90. The largest absolute Gasteiger partial charge is 0.368 e. The second kappa shape index (κ2) is 8.28. The van der Waals surface area contributed by atoms with Gasteiger partial charge in [0.05, 0.1) is 5.69 Å². The van der Waals surface area contributed by atoms with Crippen molar-refractivity contribution in [2.75, 3.05) is 36.4 Å². The van der Waals surface area contributed by atoms with E-state index in [-0.39, 0.29) is 23.6 Å². The maximum Gasteiger partial charge on any atom is 0.286 e.